The molecule has 2 aliphatic rings. The molecular weight excluding hydrogens is 256 g/mol. The van der Waals surface area contributed by atoms with Crippen molar-refractivity contribution in [2.45, 2.75) is 19.1 Å². The van der Waals surface area contributed by atoms with Crippen molar-refractivity contribution in [1.82, 2.24) is 0 Å². The van der Waals surface area contributed by atoms with Crippen LogP contribution in [-0.2, 0) is 19.0 Å². The first-order valence-electron chi connectivity index (χ1n) is 5.92. The molecule has 0 radical (unpaired) electrons. The van der Waals surface area contributed by atoms with E-state index in [4.69, 9.17) is 29.5 Å². The van der Waals surface area contributed by atoms with E-state index in [1.807, 2.05) is 0 Å². The van der Waals surface area contributed by atoms with E-state index in [0.717, 1.165) is 26.4 Å². The average molecular weight is 278 g/mol. The molecule has 2 heterocycles. The monoisotopic (exact) mass is 278 g/mol. The minimum Gasteiger partial charge on any atom is -0.478 e. The lowest BCUT2D eigenvalue weighted by Crippen LogP contribution is -2.06. The second-order valence-electron chi connectivity index (χ2n) is 3.98. The summed E-state index contributed by atoms with van der Waals surface area (Å²) in [5, 5.41) is 23.1. The van der Waals surface area contributed by atoms with Gasteiger partial charge >= 0.3 is 5.97 Å². The van der Waals surface area contributed by atoms with Crippen molar-refractivity contribution in [3.63, 3.8) is 0 Å². The number of rotatable bonds is 6. The summed E-state index contributed by atoms with van der Waals surface area (Å²) in [7, 11) is 0. The molecule has 2 fully saturated rings. The molecule has 112 valence electrons. The molecule has 7 nitrogen and oxygen atoms in total. The highest BCUT2D eigenvalue weighted by Crippen LogP contribution is 2.12. The third kappa shape index (κ3) is 15.0. The Hall–Kier alpha value is -0.990. The summed E-state index contributed by atoms with van der Waals surface area (Å²) >= 11 is 0. The second-order valence-corrected chi connectivity index (χ2v) is 3.98. The quantitative estimate of drug-likeness (QED) is 0.440. The summed E-state index contributed by atoms with van der Waals surface area (Å²) in [5.74, 6) is -0.935. The van der Waals surface area contributed by atoms with Crippen LogP contribution in [0.1, 0.15) is 6.92 Å². The number of carboxylic acids is 1. The highest BCUT2D eigenvalue weighted by molar-refractivity contribution is 5.84. The Bertz CT molecular complexity index is 233. The molecule has 0 bridgehead atoms. The van der Waals surface area contributed by atoms with E-state index in [1.165, 1.54) is 6.92 Å². The van der Waals surface area contributed by atoms with Gasteiger partial charge in [0.25, 0.3) is 0 Å². The van der Waals surface area contributed by atoms with Gasteiger partial charge in [0.2, 0.25) is 0 Å². The highest BCUT2D eigenvalue weighted by atomic mass is 16.6. The van der Waals surface area contributed by atoms with E-state index < -0.39 is 5.97 Å². The Morgan fingerprint density at radius 3 is 1.68 bits per heavy atom. The molecule has 19 heavy (non-hydrogen) atoms. The Morgan fingerprint density at radius 1 is 1.21 bits per heavy atom. The van der Waals surface area contributed by atoms with Crippen LogP contribution in [0.25, 0.3) is 0 Å². The van der Waals surface area contributed by atoms with Gasteiger partial charge in [-0.1, -0.05) is 6.58 Å². The van der Waals surface area contributed by atoms with Crippen LogP contribution in [0.5, 0.6) is 0 Å². The maximum atomic E-state index is 9.60. The number of ether oxygens (including phenoxy) is 3. The Labute approximate surface area is 112 Å². The molecule has 7 heteroatoms. The first-order chi connectivity index (χ1) is 9.01. The van der Waals surface area contributed by atoms with Gasteiger partial charge in [-0.15, -0.1) is 0 Å². The fourth-order valence-corrected chi connectivity index (χ4v) is 0.659. The van der Waals surface area contributed by atoms with Crippen LogP contribution in [0.3, 0.4) is 0 Å². The number of hydrogen-bond donors (Lipinski definition) is 3. The average Bonchev–Trinajstić information content (AvgIpc) is 3.24. The summed E-state index contributed by atoms with van der Waals surface area (Å²) in [5.41, 5.74) is 0.176. The topological polar surface area (TPSA) is 112 Å². The maximum absolute atomic E-state index is 9.60. The van der Waals surface area contributed by atoms with Gasteiger partial charge in [0, 0.05) is 5.57 Å². The molecule has 0 amide bonds. The Balaban J connectivity index is 0.000000285. The molecule has 3 N–H and O–H groups in total. The van der Waals surface area contributed by atoms with Crippen LogP contribution >= 0.6 is 0 Å². The van der Waals surface area contributed by atoms with Crippen LogP contribution in [0.15, 0.2) is 12.2 Å². The molecule has 0 aromatic carbocycles. The molecular formula is C12H22O7. The lowest BCUT2D eigenvalue weighted by molar-refractivity contribution is -0.132. The second kappa shape index (κ2) is 10.9. The van der Waals surface area contributed by atoms with Gasteiger partial charge < -0.3 is 29.5 Å². The zero-order valence-corrected chi connectivity index (χ0v) is 11.1. The molecule has 2 saturated heterocycles. The Morgan fingerprint density at radius 2 is 1.53 bits per heavy atom. The zero-order chi connectivity index (χ0) is 14.7. The molecule has 0 aliphatic carbocycles. The lowest BCUT2D eigenvalue weighted by Gasteiger charge is -1.95. The standard InChI is InChI=1S/C6H10O3.C4H6O2.C2H6O2/c1(5-3-8-5)7-2-6-4-9-6;1-3(2)4(5)6;3-1-2-4/h5-6H,1-4H2;1H2,2H3,(H,5,6);3-4H,1-2H2. The largest absolute Gasteiger partial charge is 0.478 e. The number of aliphatic hydroxyl groups excluding tert-OH is 2. The normalized spacial score (nSPS) is 22.3. The molecule has 2 rings (SSSR count). The van der Waals surface area contributed by atoms with E-state index in [2.05, 4.69) is 6.58 Å². The predicted octanol–water partition coefficient (Wildman–Crippen LogP) is -0.581. The maximum Gasteiger partial charge on any atom is 0.330 e. The summed E-state index contributed by atoms with van der Waals surface area (Å²) < 4.78 is 15.1. The van der Waals surface area contributed by atoms with E-state index >= 15 is 0 Å². The van der Waals surface area contributed by atoms with Crippen LogP contribution in [0, 0.1) is 0 Å². The molecule has 2 atom stereocenters. The smallest absolute Gasteiger partial charge is 0.330 e. The number of aliphatic carboxylic acids is 1. The Kier molecular flexibility index (Phi) is 10.3. The van der Waals surface area contributed by atoms with E-state index in [-0.39, 0.29) is 18.8 Å². The number of epoxide rings is 2. The summed E-state index contributed by atoms with van der Waals surface area (Å²) in [6.45, 7) is 7.61. The van der Waals surface area contributed by atoms with E-state index in [9.17, 15) is 4.79 Å². The fourth-order valence-electron chi connectivity index (χ4n) is 0.659. The van der Waals surface area contributed by atoms with Crippen LogP contribution in [-0.4, -0.2) is 73.1 Å². The molecule has 0 aromatic heterocycles. The molecule has 0 saturated carbocycles. The van der Waals surface area contributed by atoms with Gasteiger partial charge in [0.05, 0.1) is 39.6 Å². The fraction of sp³-hybridized carbons (Fsp3) is 0.750. The van der Waals surface area contributed by atoms with Gasteiger partial charge in [-0.05, 0) is 6.92 Å². The number of aliphatic hydroxyl groups is 2. The van der Waals surface area contributed by atoms with Crippen molar-refractivity contribution in [3.05, 3.63) is 12.2 Å². The third-order valence-electron chi connectivity index (χ3n) is 1.88. The summed E-state index contributed by atoms with van der Waals surface area (Å²) in [6, 6.07) is 0. The minimum atomic E-state index is -0.935. The van der Waals surface area contributed by atoms with Crippen LogP contribution in [0.4, 0.5) is 0 Å². The molecule has 2 unspecified atom stereocenters. The predicted molar refractivity (Wildman–Crippen MR) is 66.9 cm³/mol. The van der Waals surface area contributed by atoms with Crippen molar-refractivity contribution in [1.29, 1.82) is 0 Å². The number of carboxylic acid groups (broad SMARTS) is 1. The van der Waals surface area contributed by atoms with Crippen molar-refractivity contribution in [3.8, 4) is 0 Å². The molecule has 2 aliphatic heterocycles. The van der Waals surface area contributed by atoms with Crippen molar-refractivity contribution in [2.75, 3.05) is 39.6 Å². The number of carbonyl (C=O) groups is 1. The molecule has 0 aromatic rings. The van der Waals surface area contributed by atoms with Gasteiger partial charge in [0.15, 0.2) is 0 Å². The van der Waals surface area contributed by atoms with Crippen molar-refractivity contribution < 1.29 is 34.3 Å². The minimum absolute atomic E-state index is 0.125. The van der Waals surface area contributed by atoms with E-state index in [0.29, 0.717) is 12.2 Å². The van der Waals surface area contributed by atoms with Crippen molar-refractivity contribution >= 4 is 5.97 Å². The lowest BCUT2D eigenvalue weighted by atomic mass is 10.4. The van der Waals surface area contributed by atoms with E-state index in [1.54, 1.807) is 0 Å². The summed E-state index contributed by atoms with van der Waals surface area (Å²) in [4.78, 5) is 9.60. The van der Waals surface area contributed by atoms with Crippen LogP contribution in [0.2, 0.25) is 0 Å². The van der Waals surface area contributed by atoms with Crippen LogP contribution < -0.4 is 0 Å². The first kappa shape index (κ1) is 18.0. The SMILES string of the molecule is C(OCC1CO1)C1CO1.C=C(C)C(=O)O.OCCO. The zero-order valence-electron chi connectivity index (χ0n) is 11.1. The van der Waals surface area contributed by atoms with Gasteiger partial charge in [-0.2, -0.15) is 0 Å². The highest BCUT2D eigenvalue weighted by Gasteiger charge is 2.26. The van der Waals surface area contributed by atoms with Gasteiger partial charge in [-0.3, -0.25) is 0 Å². The molecule has 0 spiro atoms. The number of hydrogen-bond acceptors (Lipinski definition) is 6. The van der Waals surface area contributed by atoms with Crippen molar-refractivity contribution in [2.24, 2.45) is 0 Å². The summed E-state index contributed by atoms with van der Waals surface area (Å²) in [6.07, 6.45) is 0.785. The van der Waals surface area contributed by atoms with Gasteiger partial charge in [0.1, 0.15) is 12.2 Å². The first-order valence-corrected chi connectivity index (χ1v) is 5.92. The van der Waals surface area contributed by atoms with Gasteiger partial charge in [-0.25, -0.2) is 4.79 Å². The third-order valence-corrected chi connectivity index (χ3v) is 1.88.